The molecule has 0 aliphatic carbocycles. The van der Waals surface area contributed by atoms with Gasteiger partial charge < -0.3 is 20.2 Å². The lowest BCUT2D eigenvalue weighted by atomic mass is 9.99. The number of amides is 2. The molecule has 1 heterocycles. The van der Waals surface area contributed by atoms with Gasteiger partial charge in [0.15, 0.2) is 0 Å². The molecule has 3 N–H and O–H groups in total. The molecule has 0 aliphatic rings. The fourth-order valence-corrected chi connectivity index (χ4v) is 2.79. The van der Waals surface area contributed by atoms with E-state index in [0.717, 1.165) is 11.1 Å². The second kappa shape index (κ2) is 8.87. The van der Waals surface area contributed by atoms with Gasteiger partial charge in [0.05, 0.1) is 24.7 Å². The van der Waals surface area contributed by atoms with E-state index in [-0.39, 0.29) is 12.1 Å². The molecule has 3 rings (SSSR count). The third kappa shape index (κ3) is 4.74. The average Bonchev–Trinajstić information content (AvgIpc) is 3.22. The van der Waals surface area contributed by atoms with Crippen LogP contribution in [0.4, 0.5) is 4.79 Å². The Balaban J connectivity index is 1.59. The van der Waals surface area contributed by atoms with Crippen LogP contribution in [0.5, 0.6) is 0 Å². The van der Waals surface area contributed by atoms with E-state index in [1.807, 2.05) is 60.7 Å². The molecule has 2 amide bonds. The summed E-state index contributed by atoms with van der Waals surface area (Å²) >= 11 is 0. The lowest BCUT2D eigenvalue weighted by Gasteiger charge is -2.20. The third-order valence-electron chi connectivity index (χ3n) is 4.17. The second-order valence-electron chi connectivity index (χ2n) is 6.02. The lowest BCUT2D eigenvalue weighted by molar-refractivity contribution is 0.166. The number of carbonyl (C=O) groups is 1. The van der Waals surface area contributed by atoms with Crippen molar-refractivity contribution >= 4 is 6.03 Å². The van der Waals surface area contributed by atoms with Crippen molar-refractivity contribution in [1.29, 1.82) is 0 Å². The molecule has 0 fully saturated rings. The highest BCUT2D eigenvalue weighted by Gasteiger charge is 2.16. The van der Waals surface area contributed by atoms with Crippen molar-refractivity contribution in [3.05, 3.63) is 95.9 Å². The number of nitrogens with one attached hydrogen (secondary N) is 2. The minimum Gasteiger partial charge on any atom is -0.472 e. The van der Waals surface area contributed by atoms with Gasteiger partial charge in [-0.3, -0.25) is 0 Å². The Morgan fingerprint density at radius 3 is 2.08 bits per heavy atom. The summed E-state index contributed by atoms with van der Waals surface area (Å²) in [5.41, 5.74) is 2.72. The first-order valence-corrected chi connectivity index (χ1v) is 8.58. The molecule has 0 saturated carbocycles. The number of benzene rings is 2. The number of aliphatic hydroxyl groups is 1. The number of carbonyl (C=O) groups excluding carboxylic acids is 1. The molecule has 0 saturated heterocycles. The predicted molar refractivity (Wildman–Crippen MR) is 99.5 cm³/mol. The Hall–Kier alpha value is -3.05. The van der Waals surface area contributed by atoms with Gasteiger partial charge in [0.1, 0.15) is 0 Å². The fraction of sp³-hybridized carbons (Fsp3) is 0.190. The topological polar surface area (TPSA) is 74.5 Å². The first-order chi connectivity index (χ1) is 12.7. The van der Waals surface area contributed by atoms with Gasteiger partial charge >= 0.3 is 6.03 Å². The van der Waals surface area contributed by atoms with Gasteiger partial charge in [0, 0.05) is 12.1 Å². The van der Waals surface area contributed by atoms with Crippen LogP contribution in [-0.4, -0.2) is 17.7 Å². The lowest BCUT2D eigenvalue weighted by Crippen LogP contribution is -2.39. The Morgan fingerprint density at radius 1 is 0.923 bits per heavy atom. The summed E-state index contributed by atoms with van der Waals surface area (Å²) in [6.45, 7) is 0.356. The van der Waals surface area contributed by atoms with Gasteiger partial charge in [-0.05, 0) is 23.6 Å². The minimum atomic E-state index is -0.659. The molecule has 26 heavy (non-hydrogen) atoms. The van der Waals surface area contributed by atoms with Gasteiger partial charge in [-0.2, -0.15) is 0 Å². The fourth-order valence-electron chi connectivity index (χ4n) is 2.79. The van der Waals surface area contributed by atoms with E-state index in [1.54, 1.807) is 6.07 Å². The van der Waals surface area contributed by atoms with E-state index in [1.165, 1.54) is 12.5 Å². The van der Waals surface area contributed by atoms with E-state index in [0.29, 0.717) is 18.5 Å². The van der Waals surface area contributed by atoms with Crippen LogP contribution in [0, 0.1) is 0 Å². The normalized spacial score (nSPS) is 11.9. The average molecular weight is 350 g/mol. The van der Waals surface area contributed by atoms with E-state index < -0.39 is 6.10 Å². The van der Waals surface area contributed by atoms with E-state index in [4.69, 9.17) is 4.42 Å². The molecular formula is C21H22N2O3. The molecule has 1 aromatic heterocycles. The monoisotopic (exact) mass is 350 g/mol. The Labute approximate surface area is 152 Å². The number of aliphatic hydroxyl groups excluding tert-OH is 1. The number of urea groups is 1. The van der Waals surface area contributed by atoms with Gasteiger partial charge in [-0.1, -0.05) is 60.7 Å². The molecule has 0 bridgehead atoms. The third-order valence-corrected chi connectivity index (χ3v) is 4.17. The molecular weight excluding hydrogens is 328 g/mol. The summed E-state index contributed by atoms with van der Waals surface area (Å²) in [5.74, 6) is 0. The summed E-state index contributed by atoms with van der Waals surface area (Å²) in [6, 6.07) is 20.8. The first-order valence-electron chi connectivity index (χ1n) is 8.58. The molecule has 3 aromatic rings. The zero-order valence-electron chi connectivity index (χ0n) is 14.3. The second-order valence-corrected chi connectivity index (χ2v) is 6.02. The highest BCUT2D eigenvalue weighted by molar-refractivity contribution is 5.75. The van der Waals surface area contributed by atoms with Crippen molar-refractivity contribution in [3.63, 3.8) is 0 Å². The van der Waals surface area contributed by atoms with E-state index in [2.05, 4.69) is 10.6 Å². The number of hydrogen-bond acceptors (Lipinski definition) is 3. The molecule has 0 spiro atoms. The minimum absolute atomic E-state index is 0.240. The maximum absolute atomic E-state index is 12.3. The number of hydrogen-bond donors (Lipinski definition) is 3. The van der Waals surface area contributed by atoms with Crippen molar-refractivity contribution in [2.24, 2.45) is 0 Å². The van der Waals surface area contributed by atoms with Crippen LogP contribution in [0.1, 0.15) is 35.3 Å². The predicted octanol–water partition coefficient (Wildman–Crippen LogP) is 3.79. The molecule has 134 valence electrons. The maximum atomic E-state index is 12.3. The Bertz CT molecular complexity index is 749. The Morgan fingerprint density at radius 2 is 1.54 bits per heavy atom. The van der Waals surface area contributed by atoms with Gasteiger partial charge in [0.2, 0.25) is 0 Å². The van der Waals surface area contributed by atoms with Crippen LogP contribution in [0.2, 0.25) is 0 Å². The molecule has 5 nitrogen and oxygen atoms in total. The van der Waals surface area contributed by atoms with Crippen LogP contribution in [0.25, 0.3) is 0 Å². The summed E-state index contributed by atoms with van der Waals surface area (Å²) in [5, 5.41) is 15.8. The van der Waals surface area contributed by atoms with Crippen molar-refractivity contribution < 1.29 is 14.3 Å². The summed E-state index contributed by atoms with van der Waals surface area (Å²) in [6.07, 6.45) is 2.77. The number of rotatable bonds is 7. The zero-order valence-corrected chi connectivity index (χ0v) is 14.3. The smallest absolute Gasteiger partial charge is 0.315 e. The maximum Gasteiger partial charge on any atom is 0.315 e. The largest absolute Gasteiger partial charge is 0.472 e. The van der Waals surface area contributed by atoms with Crippen molar-refractivity contribution in [2.45, 2.75) is 18.6 Å². The van der Waals surface area contributed by atoms with Gasteiger partial charge in [-0.15, -0.1) is 0 Å². The van der Waals surface area contributed by atoms with Crippen LogP contribution in [-0.2, 0) is 0 Å². The summed E-state index contributed by atoms with van der Waals surface area (Å²) < 4.78 is 4.95. The highest BCUT2D eigenvalue weighted by atomic mass is 16.3. The number of furan rings is 1. The standard InChI is InChI=1S/C21H22N2O3/c24-19(18-12-14-26-15-18)11-13-22-21(25)23-20(16-7-3-1-4-8-16)17-9-5-2-6-10-17/h1-10,12,14-15,19-20,24H,11,13H2,(H2,22,23,25)/t19-/m0/s1. The van der Waals surface area contributed by atoms with Crippen LogP contribution < -0.4 is 10.6 Å². The van der Waals surface area contributed by atoms with Crippen LogP contribution in [0.15, 0.2) is 83.7 Å². The summed E-state index contributed by atoms with van der Waals surface area (Å²) in [4.78, 5) is 12.3. The van der Waals surface area contributed by atoms with Gasteiger partial charge in [-0.25, -0.2) is 4.79 Å². The van der Waals surface area contributed by atoms with E-state index >= 15 is 0 Å². The first kappa shape index (κ1) is 17.8. The molecule has 0 radical (unpaired) electrons. The van der Waals surface area contributed by atoms with E-state index in [9.17, 15) is 9.90 Å². The molecule has 0 unspecified atom stereocenters. The summed E-state index contributed by atoms with van der Waals surface area (Å²) in [7, 11) is 0. The quantitative estimate of drug-likeness (QED) is 0.607. The molecule has 1 atom stereocenters. The van der Waals surface area contributed by atoms with Crippen molar-refractivity contribution in [2.75, 3.05) is 6.54 Å². The zero-order chi connectivity index (χ0) is 18.2. The SMILES string of the molecule is O=C(NCC[C@H](O)c1ccoc1)NC(c1ccccc1)c1ccccc1. The van der Waals surface area contributed by atoms with Gasteiger partial charge in [0.25, 0.3) is 0 Å². The highest BCUT2D eigenvalue weighted by Crippen LogP contribution is 2.21. The molecule has 2 aromatic carbocycles. The van der Waals surface area contributed by atoms with Crippen LogP contribution >= 0.6 is 0 Å². The van der Waals surface area contributed by atoms with Crippen molar-refractivity contribution in [3.8, 4) is 0 Å². The van der Waals surface area contributed by atoms with Crippen LogP contribution in [0.3, 0.4) is 0 Å². The molecule has 5 heteroatoms. The van der Waals surface area contributed by atoms with Crippen molar-refractivity contribution in [1.82, 2.24) is 10.6 Å². The Kier molecular flexibility index (Phi) is 6.06. The molecule has 0 aliphatic heterocycles.